The smallest absolute Gasteiger partial charge is 0.264 e. The molecule has 0 radical (unpaired) electrons. The lowest BCUT2D eigenvalue weighted by molar-refractivity contribution is 0.600. The van der Waals surface area contributed by atoms with E-state index in [0.717, 1.165) is 30.6 Å². The first-order chi connectivity index (χ1) is 9.65. The summed E-state index contributed by atoms with van der Waals surface area (Å²) in [7, 11) is -3.69. The molecule has 1 aromatic carbocycles. The molecule has 1 aliphatic rings. The zero-order chi connectivity index (χ0) is 14.0. The van der Waals surface area contributed by atoms with Gasteiger partial charge in [-0.1, -0.05) is 0 Å². The summed E-state index contributed by atoms with van der Waals surface area (Å²) in [6, 6.07) is 5.03. The molecule has 0 saturated carbocycles. The van der Waals surface area contributed by atoms with Crippen LogP contribution in [0.3, 0.4) is 0 Å². The Hall–Kier alpha value is -2.22. The fourth-order valence-electron chi connectivity index (χ4n) is 2.09. The number of nitrogens with zero attached hydrogens (tertiary/aromatic N) is 3. The van der Waals surface area contributed by atoms with E-state index < -0.39 is 10.0 Å². The quantitative estimate of drug-likeness (QED) is 0.876. The summed E-state index contributed by atoms with van der Waals surface area (Å²) in [6.07, 6.45) is 4.62. The number of fused-ring (bicyclic) bond motifs is 1. The van der Waals surface area contributed by atoms with Crippen molar-refractivity contribution in [2.75, 3.05) is 16.6 Å². The third-order valence-corrected chi connectivity index (χ3v) is 4.36. The van der Waals surface area contributed by atoms with Gasteiger partial charge in [-0.05, 0) is 36.6 Å². The van der Waals surface area contributed by atoms with Crippen LogP contribution in [0.4, 0.5) is 11.6 Å². The van der Waals surface area contributed by atoms with Gasteiger partial charge in [0.05, 0.1) is 17.3 Å². The Balaban J connectivity index is 1.91. The molecular formula is C12H13N5O2S. The van der Waals surface area contributed by atoms with Gasteiger partial charge in [0, 0.05) is 12.2 Å². The number of hydrogen-bond acceptors (Lipinski definition) is 6. The molecule has 0 spiro atoms. The van der Waals surface area contributed by atoms with Crippen LogP contribution in [0.25, 0.3) is 0 Å². The molecule has 20 heavy (non-hydrogen) atoms. The molecule has 2 heterocycles. The van der Waals surface area contributed by atoms with E-state index >= 15 is 0 Å². The first kappa shape index (κ1) is 12.8. The molecule has 7 nitrogen and oxygen atoms in total. The van der Waals surface area contributed by atoms with E-state index in [1.165, 1.54) is 12.4 Å². The average Bonchev–Trinajstić information content (AvgIpc) is 2.47. The first-order valence-electron chi connectivity index (χ1n) is 6.18. The SMILES string of the molecule is O=S(=O)(Nc1nccnn1)c1ccc2c(c1)CCCN2. The Labute approximate surface area is 116 Å². The molecule has 0 bridgehead atoms. The molecule has 0 amide bonds. The summed E-state index contributed by atoms with van der Waals surface area (Å²) in [6.45, 7) is 0.918. The van der Waals surface area contributed by atoms with E-state index in [-0.39, 0.29) is 10.8 Å². The Morgan fingerprint density at radius 1 is 1.25 bits per heavy atom. The highest BCUT2D eigenvalue weighted by molar-refractivity contribution is 7.92. The summed E-state index contributed by atoms with van der Waals surface area (Å²) in [5.74, 6) is -0.0386. The van der Waals surface area contributed by atoms with Crippen LogP contribution in [0.1, 0.15) is 12.0 Å². The van der Waals surface area contributed by atoms with Crippen molar-refractivity contribution in [2.45, 2.75) is 17.7 Å². The van der Waals surface area contributed by atoms with Crippen molar-refractivity contribution < 1.29 is 8.42 Å². The minimum Gasteiger partial charge on any atom is -0.385 e. The van der Waals surface area contributed by atoms with Gasteiger partial charge in [-0.15, -0.1) is 5.10 Å². The molecule has 3 rings (SSSR count). The van der Waals surface area contributed by atoms with Crippen molar-refractivity contribution >= 4 is 21.7 Å². The zero-order valence-corrected chi connectivity index (χ0v) is 11.4. The van der Waals surface area contributed by atoms with E-state index in [1.54, 1.807) is 18.2 Å². The van der Waals surface area contributed by atoms with Crippen LogP contribution in [0.15, 0.2) is 35.5 Å². The Morgan fingerprint density at radius 3 is 2.95 bits per heavy atom. The fraction of sp³-hybridized carbons (Fsp3) is 0.250. The maximum absolute atomic E-state index is 12.2. The third kappa shape index (κ3) is 2.55. The molecule has 1 aliphatic heterocycles. The van der Waals surface area contributed by atoms with Crippen molar-refractivity contribution in [1.29, 1.82) is 0 Å². The van der Waals surface area contributed by atoms with Gasteiger partial charge < -0.3 is 5.32 Å². The van der Waals surface area contributed by atoms with Crippen molar-refractivity contribution in [3.8, 4) is 0 Å². The van der Waals surface area contributed by atoms with Gasteiger partial charge in [0.25, 0.3) is 16.0 Å². The van der Waals surface area contributed by atoms with Gasteiger partial charge in [-0.2, -0.15) is 5.10 Å². The molecule has 104 valence electrons. The topological polar surface area (TPSA) is 96.9 Å². The van der Waals surface area contributed by atoms with Crippen molar-refractivity contribution in [2.24, 2.45) is 0 Å². The van der Waals surface area contributed by atoms with Crippen LogP contribution < -0.4 is 10.0 Å². The zero-order valence-electron chi connectivity index (χ0n) is 10.6. The second kappa shape index (κ2) is 5.04. The van der Waals surface area contributed by atoms with Crippen LogP contribution in [0, 0.1) is 0 Å². The summed E-state index contributed by atoms with van der Waals surface area (Å²) < 4.78 is 26.8. The predicted molar refractivity (Wildman–Crippen MR) is 73.9 cm³/mol. The Bertz CT molecular complexity index is 718. The molecule has 1 aromatic heterocycles. The van der Waals surface area contributed by atoms with Crippen molar-refractivity contribution in [3.63, 3.8) is 0 Å². The molecular weight excluding hydrogens is 278 g/mol. The highest BCUT2D eigenvalue weighted by Gasteiger charge is 2.18. The van der Waals surface area contributed by atoms with Crippen LogP contribution in [0.5, 0.6) is 0 Å². The largest absolute Gasteiger partial charge is 0.385 e. The average molecular weight is 291 g/mol. The molecule has 8 heteroatoms. The minimum absolute atomic E-state index is 0.0386. The van der Waals surface area contributed by atoms with Gasteiger partial charge in [-0.3, -0.25) is 0 Å². The van der Waals surface area contributed by atoms with Crippen LogP contribution in [-0.2, 0) is 16.4 Å². The lowest BCUT2D eigenvalue weighted by atomic mass is 10.0. The van der Waals surface area contributed by atoms with E-state index in [4.69, 9.17) is 0 Å². The predicted octanol–water partition coefficient (Wildman–Crippen LogP) is 1.03. The van der Waals surface area contributed by atoms with Gasteiger partial charge in [-0.25, -0.2) is 18.1 Å². The van der Waals surface area contributed by atoms with Gasteiger partial charge in [0.15, 0.2) is 0 Å². The number of sulfonamides is 1. The van der Waals surface area contributed by atoms with E-state index in [9.17, 15) is 8.42 Å². The van der Waals surface area contributed by atoms with Crippen LogP contribution in [0.2, 0.25) is 0 Å². The van der Waals surface area contributed by atoms with Gasteiger partial charge >= 0.3 is 0 Å². The Morgan fingerprint density at radius 2 is 2.15 bits per heavy atom. The van der Waals surface area contributed by atoms with Crippen molar-refractivity contribution in [1.82, 2.24) is 15.2 Å². The maximum Gasteiger partial charge on any atom is 0.264 e. The number of benzene rings is 1. The van der Waals surface area contributed by atoms with Crippen molar-refractivity contribution in [3.05, 3.63) is 36.2 Å². The van der Waals surface area contributed by atoms with E-state index in [0.29, 0.717) is 0 Å². The lowest BCUT2D eigenvalue weighted by Crippen LogP contribution is -2.17. The number of aromatic nitrogens is 3. The van der Waals surface area contributed by atoms with Gasteiger partial charge in [0.2, 0.25) is 0 Å². The maximum atomic E-state index is 12.2. The summed E-state index contributed by atoms with van der Waals surface area (Å²) >= 11 is 0. The first-order valence-corrected chi connectivity index (χ1v) is 7.67. The fourth-order valence-corrected chi connectivity index (χ4v) is 3.09. The highest BCUT2D eigenvalue weighted by atomic mass is 32.2. The third-order valence-electron chi connectivity index (χ3n) is 3.03. The lowest BCUT2D eigenvalue weighted by Gasteiger charge is -2.18. The highest BCUT2D eigenvalue weighted by Crippen LogP contribution is 2.25. The molecule has 2 aromatic rings. The summed E-state index contributed by atoms with van der Waals surface area (Å²) in [5, 5.41) is 10.4. The van der Waals surface area contributed by atoms with E-state index in [2.05, 4.69) is 25.2 Å². The summed E-state index contributed by atoms with van der Waals surface area (Å²) in [4.78, 5) is 4.00. The van der Waals surface area contributed by atoms with Crippen LogP contribution in [-0.4, -0.2) is 30.1 Å². The normalized spacial score (nSPS) is 14.2. The van der Waals surface area contributed by atoms with Gasteiger partial charge in [0.1, 0.15) is 0 Å². The molecule has 0 saturated heterocycles. The number of rotatable bonds is 3. The molecule has 0 unspecified atom stereocenters. The molecule has 2 N–H and O–H groups in total. The number of aryl methyl sites for hydroxylation is 1. The number of nitrogens with one attached hydrogen (secondary N) is 2. The molecule has 0 fully saturated rings. The number of hydrogen-bond donors (Lipinski definition) is 2. The monoisotopic (exact) mass is 291 g/mol. The summed E-state index contributed by atoms with van der Waals surface area (Å²) in [5.41, 5.74) is 2.00. The standard InChI is InChI=1S/C12H13N5O2S/c18-20(19,17-12-14-6-7-15-16-12)10-3-4-11-9(8-10)2-1-5-13-11/h3-4,6-8,13H,1-2,5H2,(H,14,16,17). The second-order valence-electron chi connectivity index (χ2n) is 4.42. The Kier molecular flexibility index (Phi) is 3.23. The number of anilines is 2. The van der Waals surface area contributed by atoms with E-state index in [1.807, 2.05) is 0 Å². The minimum atomic E-state index is -3.69. The molecule has 0 aliphatic carbocycles. The molecule has 0 atom stereocenters. The second-order valence-corrected chi connectivity index (χ2v) is 6.10. The van der Waals surface area contributed by atoms with Crippen LogP contribution >= 0.6 is 0 Å².